The van der Waals surface area contributed by atoms with Crippen LogP contribution >= 0.6 is 0 Å². The van der Waals surface area contributed by atoms with E-state index in [0.717, 1.165) is 54.8 Å². The summed E-state index contributed by atoms with van der Waals surface area (Å²) in [6.45, 7) is 14.9. The summed E-state index contributed by atoms with van der Waals surface area (Å²) in [4.78, 5) is 12.9. The molecule has 0 aromatic rings. The number of carbonyl (C=O) groups excluding carboxylic acids is 1. The number of esters is 1. The minimum Gasteiger partial charge on any atom is -0.462 e. The van der Waals surface area contributed by atoms with E-state index in [1.54, 1.807) is 0 Å². The molecule has 0 aromatic carbocycles. The number of carbonyl (C=O) groups is 1. The predicted octanol–water partition coefficient (Wildman–Crippen LogP) is 13.4. The maximum atomic E-state index is 12.9. The Morgan fingerprint density at radius 2 is 1.35 bits per heavy atom. The average molecular weight is 669 g/mol. The van der Waals surface area contributed by atoms with E-state index in [1.807, 2.05) is 0 Å². The summed E-state index contributed by atoms with van der Waals surface area (Å²) in [6.07, 6.45) is 35.8. The van der Waals surface area contributed by atoms with Crippen LogP contribution in [0.3, 0.4) is 0 Å². The third-order valence-electron chi connectivity index (χ3n) is 15.5. The van der Waals surface area contributed by atoms with Gasteiger partial charge in [0, 0.05) is 18.3 Å². The molecule has 3 nitrogen and oxygen atoms in total. The minimum atomic E-state index is -0.0120. The molecular weight excluding hydrogens is 588 g/mol. The lowest BCUT2D eigenvalue weighted by molar-refractivity contribution is -0.160. The molecule has 0 aromatic heterocycles. The summed E-state index contributed by atoms with van der Waals surface area (Å²) in [5.74, 6) is 5.18. The summed E-state index contributed by atoms with van der Waals surface area (Å²) in [5, 5.41) is 0. The van der Waals surface area contributed by atoms with Crippen molar-refractivity contribution in [1.29, 1.82) is 0 Å². The first kappa shape index (κ1) is 38.7. The van der Waals surface area contributed by atoms with E-state index in [9.17, 15) is 4.79 Å². The lowest BCUT2D eigenvalue weighted by Crippen LogP contribution is -2.59. The van der Waals surface area contributed by atoms with Gasteiger partial charge in [-0.2, -0.15) is 0 Å². The summed E-state index contributed by atoms with van der Waals surface area (Å²) < 4.78 is 13.0. The number of ether oxygens (including phenoxy) is 2. The summed E-state index contributed by atoms with van der Waals surface area (Å²) >= 11 is 0. The van der Waals surface area contributed by atoms with Crippen LogP contribution in [0, 0.1) is 46.3 Å². The van der Waals surface area contributed by atoms with Gasteiger partial charge in [0.05, 0.1) is 6.10 Å². The van der Waals surface area contributed by atoms with Crippen LogP contribution in [0.4, 0.5) is 0 Å². The van der Waals surface area contributed by atoms with Crippen molar-refractivity contribution < 1.29 is 14.3 Å². The van der Waals surface area contributed by atoms with Gasteiger partial charge in [-0.3, -0.25) is 4.79 Å². The normalized spacial score (nSPS) is 37.4. The molecule has 5 aliphatic rings. The predicted molar refractivity (Wildman–Crippen MR) is 202 cm³/mol. The van der Waals surface area contributed by atoms with E-state index in [-0.39, 0.29) is 23.1 Å². The Balaban J connectivity index is 0.972. The average Bonchev–Trinajstić information content (AvgIpc) is 3.63. The fraction of sp³-hybridized carbons (Fsp3) is 0.978. The first-order valence-electron chi connectivity index (χ1n) is 22.0. The maximum Gasteiger partial charge on any atom is 0.306 e. The first-order valence-corrected chi connectivity index (χ1v) is 22.0. The Kier molecular flexibility index (Phi) is 14.3. The molecule has 1 saturated heterocycles. The molecule has 0 N–H and O–H groups in total. The SMILES string of the molecule is CCCCCCCCCCCCCCCCCC(=O)O[C@H]1CC[C@]2(C)[C@H]3CC[C@]4(C)[C@@H]([C@H](C)CCCC(C)C)CC[C@H]4[C@@H]3C[C@H]3O[C@]32C1. The van der Waals surface area contributed by atoms with Gasteiger partial charge >= 0.3 is 5.97 Å². The topological polar surface area (TPSA) is 38.8 Å². The van der Waals surface area contributed by atoms with Gasteiger partial charge in [-0.25, -0.2) is 0 Å². The van der Waals surface area contributed by atoms with E-state index in [2.05, 4.69) is 41.5 Å². The Bertz CT molecular complexity index is 975. The number of hydrogen-bond acceptors (Lipinski definition) is 3. The Morgan fingerprint density at radius 3 is 1.98 bits per heavy atom. The summed E-state index contributed by atoms with van der Waals surface area (Å²) in [6, 6.07) is 0. The number of fused-ring (bicyclic) bond motifs is 4. The van der Waals surface area contributed by atoms with Crippen molar-refractivity contribution in [2.75, 3.05) is 0 Å². The minimum absolute atomic E-state index is 0.0120. The molecule has 48 heavy (non-hydrogen) atoms. The van der Waals surface area contributed by atoms with Crippen molar-refractivity contribution in [2.45, 2.75) is 233 Å². The van der Waals surface area contributed by atoms with Gasteiger partial charge in [0.2, 0.25) is 0 Å². The molecule has 1 heterocycles. The number of rotatable bonds is 22. The molecule has 3 heteroatoms. The van der Waals surface area contributed by atoms with Crippen molar-refractivity contribution in [1.82, 2.24) is 0 Å². The summed E-state index contributed by atoms with van der Waals surface area (Å²) in [7, 11) is 0. The molecule has 4 aliphatic carbocycles. The van der Waals surface area contributed by atoms with Crippen LogP contribution in [0.15, 0.2) is 0 Å². The molecule has 1 spiro atoms. The third-order valence-corrected chi connectivity index (χ3v) is 15.5. The lowest BCUT2D eigenvalue weighted by Gasteiger charge is -2.59. The molecule has 4 saturated carbocycles. The molecule has 0 radical (unpaired) electrons. The zero-order valence-electron chi connectivity index (χ0n) is 32.9. The van der Waals surface area contributed by atoms with Crippen LogP contribution < -0.4 is 0 Å². The van der Waals surface area contributed by atoms with Crippen molar-refractivity contribution in [3.8, 4) is 0 Å². The van der Waals surface area contributed by atoms with E-state index < -0.39 is 0 Å². The van der Waals surface area contributed by atoms with E-state index in [1.165, 1.54) is 148 Å². The van der Waals surface area contributed by atoms with Crippen LogP contribution in [0.5, 0.6) is 0 Å². The molecule has 5 fully saturated rings. The molecule has 10 atom stereocenters. The highest BCUT2D eigenvalue weighted by molar-refractivity contribution is 5.69. The second kappa shape index (κ2) is 17.8. The van der Waals surface area contributed by atoms with Crippen LogP contribution in [-0.4, -0.2) is 23.8 Å². The number of hydrogen-bond donors (Lipinski definition) is 0. The van der Waals surface area contributed by atoms with Gasteiger partial charge in [-0.1, -0.05) is 151 Å². The second-order valence-electron chi connectivity index (χ2n) is 19.1. The lowest BCUT2D eigenvalue weighted by atomic mass is 9.44. The zero-order valence-corrected chi connectivity index (χ0v) is 32.9. The third kappa shape index (κ3) is 8.89. The van der Waals surface area contributed by atoms with Crippen molar-refractivity contribution >= 4 is 5.97 Å². The Morgan fingerprint density at radius 1 is 0.729 bits per heavy atom. The van der Waals surface area contributed by atoms with Crippen LogP contribution in [0.1, 0.15) is 215 Å². The highest BCUT2D eigenvalue weighted by atomic mass is 16.6. The monoisotopic (exact) mass is 669 g/mol. The Labute approximate surface area is 298 Å². The van der Waals surface area contributed by atoms with Gasteiger partial charge in [0.15, 0.2) is 0 Å². The van der Waals surface area contributed by atoms with Crippen molar-refractivity contribution in [3.05, 3.63) is 0 Å². The van der Waals surface area contributed by atoms with E-state index >= 15 is 0 Å². The van der Waals surface area contributed by atoms with Crippen LogP contribution in [0.25, 0.3) is 0 Å². The molecular formula is C45H80O3. The molecule has 0 bridgehead atoms. The fourth-order valence-corrected chi connectivity index (χ4v) is 12.7. The van der Waals surface area contributed by atoms with Gasteiger partial charge in [-0.05, 0) is 92.3 Å². The van der Waals surface area contributed by atoms with Gasteiger partial charge in [0.1, 0.15) is 11.7 Å². The smallest absolute Gasteiger partial charge is 0.306 e. The summed E-state index contributed by atoms with van der Waals surface area (Å²) in [5.41, 5.74) is 0.783. The maximum absolute atomic E-state index is 12.9. The van der Waals surface area contributed by atoms with E-state index in [0.29, 0.717) is 17.9 Å². The Hall–Kier alpha value is -0.570. The molecule has 1 aliphatic heterocycles. The highest BCUT2D eigenvalue weighted by Crippen LogP contribution is 2.74. The standard InChI is InChI=1S/C45H80O3/c1-7-8-9-10-11-12-13-14-15-16-17-18-19-20-21-25-42(46)47-36-28-31-44(6)40-29-30-43(5)38(35(4)24-22-23-34(2)3)26-27-39(43)37(40)32-41-45(44,33-36)48-41/h34-41H,7-33H2,1-6H3/t35-,36+,37+,38-,39+,40+,41-,43-,44-,45-/m1/s1. The number of epoxide rings is 1. The van der Waals surface area contributed by atoms with Gasteiger partial charge in [0.25, 0.3) is 0 Å². The molecule has 278 valence electrons. The fourth-order valence-electron chi connectivity index (χ4n) is 12.7. The van der Waals surface area contributed by atoms with Gasteiger partial charge in [-0.15, -0.1) is 0 Å². The molecule has 0 unspecified atom stereocenters. The van der Waals surface area contributed by atoms with Crippen molar-refractivity contribution in [3.63, 3.8) is 0 Å². The van der Waals surface area contributed by atoms with E-state index in [4.69, 9.17) is 9.47 Å². The highest BCUT2D eigenvalue weighted by Gasteiger charge is 2.76. The second-order valence-corrected chi connectivity index (χ2v) is 19.1. The zero-order chi connectivity index (χ0) is 34.2. The van der Waals surface area contributed by atoms with Crippen LogP contribution in [0.2, 0.25) is 0 Å². The quantitative estimate of drug-likeness (QED) is 0.0654. The first-order chi connectivity index (χ1) is 23.1. The number of unbranched alkanes of at least 4 members (excludes halogenated alkanes) is 14. The molecule has 5 rings (SSSR count). The largest absolute Gasteiger partial charge is 0.462 e. The van der Waals surface area contributed by atoms with Crippen LogP contribution in [-0.2, 0) is 14.3 Å². The molecule has 0 amide bonds. The van der Waals surface area contributed by atoms with Gasteiger partial charge < -0.3 is 9.47 Å². The van der Waals surface area contributed by atoms with Crippen molar-refractivity contribution in [2.24, 2.45) is 46.3 Å².